The Labute approximate surface area is 161 Å². The van der Waals surface area contributed by atoms with Crippen molar-refractivity contribution in [2.24, 2.45) is 5.92 Å². The molecule has 2 aliphatic rings. The van der Waals surface area contributed by atoms with E-state index < -0.39 is 10.0 Å². The number of amides is 1. The van der Waals surface area contributed by atoms with Crippen LogP contribution >= 0.6 is 0 Å². The van der Waals surface area contributed by atoms with Gasteiger partial charge in [0.1, 0.15) is 0 Å². The van der Waals surface area contributed by atoms with E-state index in [0.717, 1.165) is 37.7 Å². The standard InChI is InChI=1S/C19H29N3O4S/c1-15-11-17(14-20-13-15)18(23)22-8-5-19(6-9-22)12-16(4-10-26-19)3-7-21-27(2,24)25/h11,13-14,16,21H,3-10,12H2,1-2H3. The maximum Gasteiger partial charge on any atom is 0.255 e. The summed E-state index contributed by atoms with van der Waals surface area (Å²) < 4.78 is 31.2. The average Bonchev–Trinajstić information content (AvgIpc) is 2.61. The van der Waals surface area contributed by atoms with Gasteiger partial charge in [-0.15, -0.1) is 0 Å². The summed E-state index contributed by atoms with van der Waals surface area (Å²) in [7, 11) is -3.14. The lowest BCUT2D eigenvalue weighted by Crippen LogP contribution is -2.51. The summed E-state index contributed by atoms with van der Waals surface area (Å²) in [5, 5.41) is 0. The molecule has 27 heavy (non-hydrogen) atoms. The highest BCUT2D eigenvalue weighted by Gasteiger charge is 2.41. The molecule has 1 atom stereocenters. The third-order valence-electron chi connectivity index (χ3n) is 5.60. The van der Waals surface area contributed by atoms with E-state index in [4.69, 9.17) is 4.74 Å². The van der Waals surface area contributed by atoms with Crippen molar-refractivity contribution in [3.63, 3.8) is 0 Å². The molecule has 0 saturated carbocycles. The predicted octanol–water partition coefficient (Wildman–Crippen LogP) is 1.73. The van der Waals surface area contributed by atoms with Crippen molar-refractivity contribution in [1.82, 2.24) is 14.6 Å². The van der Waals surface area contributed by atoms with Crippen LogP contribution in [0.4, 0.5) is 0 Å². The number of carbonyl (C=O) groups excluding carboxylic acids is 1. The van der Waals surface area contributed by atoms with E-state index >= 15 is 0 Å². The maximum atomic E-state index is 12.7. The van der Waals surface area contributed by atoms with Crippen molar-refractivity contribution in [3.05, 3.63) is 29.6 Å². The van der Waals surface area contributed by atoms with E-state index in [9.17, 15) is 13.2 Å². The van der Waals surface area contributed by atoms with Gasteiger partial charge in [0, 0.05) is 38.6 Å². The van der Waals surface area contributed by atoms with Gasteiger partial charge in [0.05, 0.1) is 17.4 Å². The number of carbonyl (C=O) groups is 1. The van der Waals surface area contributed by atoms with Gasteiger partial charge < -0.3 is 9.64 Å². The van der Waals surface area contributed by atoms with Gasteiger partial charge >= 0.3 is 0 Å². The van der Waals surface area contributed by atoms with Gasteiger partial charge in [-0.2, -0.15) is 0 Å². The van der Waals surface area contributed by atoms with Crippen LogP contribution < -0.4 is 4.72 Å². The Kier molecular flexibility index (Phi) is 6.18. The molecule has 0 bridgehead atoms. The van der Waals surface area contributed by atoms with Crippen LogP contribution in [0.15, 0.2) is 18.5 Å². The predicted molar refractivity (Wildman–Crippen MR) is 103 cm³/mol. The zero-order chi connectivity index (χ0) is 19.5. The monoisotopic (exact) mass is 395 g/mol. The molecule has 0 radical (unpaired) electrons. The maximum absolute atomic E-state index is 12.7. The van der Waals surface area contributed by atoms with Crippen LogP contribution in [0.3, 0.4) is 0 Å². The van der Waals surface area contributed by atoms with Crippen LogP contribution in [0.25, 0.3) is 0 Å². The molecule has 2 aliphatic heterocycles. The van der Waals surface area contributed by atoms with Crippen LogP contribution in [0, 0.1) is 12.8 Å². The molecule has 1 unspecified atom stereocenters. The van der Waals surface area contributed by atoms with Crippen LogP contribution in [-0.2, 0) is 14.8 Å². The number of rotatable bonds is 5. The van der Waals surface area contributed by atoms with Crippen LogP contribution in [-0.4, -0.2) is 62.3 Å². The van der Waals surface area contributed by atoms with E-state index in [-0.39, 0.29) is 11.5 Å². The summed E-state index contributed by atoms with van der Waals surface area (Å²) in [5.41, 5.74) is 1.45. The molecule has 0 aliphatic carbocycles. The van der Waals surface area contributed by atoms with Crippen molar-refractivity contribution < 1.29 is 17.9 Å². The molecule has 0 aromatic carbocycles. The minimum atomic E-state index is -3.14. The number of nitrogens with zero attached hydrogens (tertiary/aromatic N) is 2. The van der Waals surface area contributed by atoms with Gasteiger partial charge in [0.25, 0.3) is 5.91 Å². The highest BCUT2D eigenvalue weighted by molar-refractivity contribution is 7.88. The minimum absolute atomic E-state index is 0.0331. The van der Waals surface area contributed by atoms with Crippen LogP contribution in [0.1, 0.15) is 48.0 Å². The number of likely N-dealkylation sites (tertiary alicyclic amines) is 1. The van der Waals surface area contributed by atoms with Crippen molar-refractivity contribution in [1.29, 1.82) is 0 Å². The number of aryl methyl sites for hydroxylation is 1. The van der Waals surface area contributed by atoms with Gasteiger partial charge in [-0.05, 0) is 56.6 Å². The second kappa shape index (κ2) is 8.24. The van der Waals surface area contributed by atoms with Gasteiger partial charge in [0.15, 0.2) is 0 Å². The van der Waals surface area contributed by atoms with Crippen molar-refractivity contribution in [2.75, 3.05) is 32.5 Å². The van der Waals surface area contributed by atoms with Gasteiger partial charge in [-0.1, -0.05) is 0 Å². The summed E-state index contributed by atoms with van der Waals surface area (Å²) >= 11 is 0. The first-order chi connectivity index (χ1) is 12.8. The third-order valence-corrected chi connectivity index (χ3v) is 6.32. The summed E-state index contributed by atoms with van der Waals surface area (Å²) in [6.07, 6.45) is 8.95. The molecule has 1 amide bonds. The minimum Gasteiger partial charge on any atom is -0.375 e. The Morgan fingerprint density at radius 2 is 2.11 bits per heavy atom. The number of hydrogen-bond acceptors (Lipinski definition) is 5. The molecule has 150 valence electrons. The van der Waals surface area contributed by atoms with Gasteiger partial charge in [-0.3, -0.25) is 9.78 Å². The molecule has 3 heterocycles. The normalized spacial score (nSPS) is 22.7. The molecule has 2 fully saturated rings. The summed E-state index contributed by atoms with van der Waals surface area (Å²) in [6.45, 7) is 4.48. The van der Waals surface area contributed by atoms with Crippen molar-refractivity contribution in [3.8, 4) is 0 Å². The zero-order valence-corrected chi connectivity index (χ0v) is 16.9. The SMILES string of the molecule is Cc1cncc(C(=O)N2CCC3(CC2)CC(CCNS(C)(=O)=O)CCO3)c1. The Hall–Kier alpha value is -1.51. The van der Waals surface area contributed by atoms with Crippen LogP contribution in [0.5, 0.6) is 0 Å². The topological polar surface area (TPSA) is 88.6 Å². The second-order valence-electron chi connectivity index (χ2n) is 7.89. The molecular weight excluding hydrogens is 366 g/mol. The van der Waals surface area contributed by atoms with Gasteiger partial charge in [0.2, 0.25) is 10.0 Å². The van der Waals surface area contributed by atoms with E-state index in [1.165, 1.54) is 6.26 Å². The summed E-state index contributed by atoms with van der Waals surface area (Å²) in [6, 6.07) is 1.88. The fourth-order valence-electron chi connectivity index (χ4n) is 4.14. The molecule has 1 spiro atoms. The summed E-state index contributed by atoms with van der Waals surface area (Å²) in [5.74, 6) is 0.488. The van der Waals surface area contributed by atoms with Crippen molar-refractivity contribution in [2.45, 2.75) is 44.6 Å². The number of nitrogens with one attached hydrogen (secondary N) is 1. The Balaban J connectivity index is 1.53. The first-order valence-electron chi connectivity index (χ1n) is 9.56. The number of piperidine rings is 1. The molecule has 1 aromatic heterocycles. The Bertz CT molecular complexity index is 773. The lowest BCUT2D eigenvalue weighted by molar-refractivity contribution is -0.124. The number of sulfonamides is 1. The molecule has 1 N–H and O–H groups in total. The first kappa shape index (κ1) is 20.2. The van der Waals surface area contributed by atoms with Crippen LogP contribution in [0.2, 0.25) is 0 Å². The van der Waals surface area contributed by atoms with E-state index in [0.29, 0.717) is 37.7 Å². The molecule has 3 rings (SSSR count). The molecule has 1 aromatic rings. The first-order valence-corrected chi connectivity index (χ1v) is 11.5. The Morgan fingerprint density at radius 1 is 1.37 bits per heavy atom. The lowest BCUT2D eigenvalue weighted by atomic mass is 9.78. The zero-order valence-electron chi connectivity index (χ0n) is 16.1. The molecular formula is C19H29N3O4S. The number of ether oxygens (including phenoxy) is 1. The third kappa shape index (κ3) is 5.49. The second-order valence-corrected chi connectivity index (χ2v) is 9.72. The molecule has 8 heteroatoms. The highest BCUT2D eigenvalue weighted by Crippen LogP contribution is 2.38. The summed E-state index contributed by atoms with van der Waals surface area (Å²) in [4.78, 5) is 18.7. The Morgan fingerprint density at radius 3 is 2.78 bits per heavy atom. The molecule has 2 saturated heterocycles. The van der Waals surface area contributed by atoms with Gasteiger partial charge in [-0.25, -0.2) is 13.1 Å². The number of hydrogen-bond donors (Lipinski definition) is 1. The number of aromatic nitrogens is 1. The average molecular weight is 396 g/mol. The smallest absolute Gasteiger partial charge is 0.255 e. The highest BCUT2D eigenvalue weighted by atomic mass is 32.2. The van der Waals surface area contributed by atoms with E-state index in [1.54, 1.807) is 12.4 Å². The van der Waals surface area contributed by atoms with E-state index in [2.05, 4.69) is 9.71 Å². The molecule has 7 nitrogen and oxygen atoms in total. The lowest BCUT2D eigenvalue weighted by Gasteiger charge is -2.46. The largest absolute Gasteiger partial charge is 0.375 e. The fraction of sp³-hybridized carbons (Fsp3) is 0.684. The fourth-order valence-corrected chi connectivity index (χ4v) is 4.63. The number of pyridine rings is 1. The van der Waals surface area contributed by atoms with E-state index in [1.807, 2.05) is 17.9 Å². The van der Waals surface area contributed by atoms with Crippen molar-refractivity contribution >= 4 is 15.9 Å². The quantitative estimate of drug-likeness (QED) is 0.820.